The molecule has 3 rings (SSSR count). The molecule has 1 heterocycles. The van der Waals surface area contributed by atoms with Crippen molar-refractivity contribution in [2.24, 2.45) is 0 Å². The predicted octanol–water partition coefficient (Wildman–Crippen LogP) is 3.93. The number of amides is 1. The average Bonchev–Trinajstić information content (AvgIpc) is 3.16. The molecule has 6 heteroatoms. The number of nitrogens with one attached hydrogen (secondary N) is 2. The minimum Gasteiger partial charge on any atom is -0.339 e. The van der Waals surface area contributed by atoms with Gasteiger partial charge in [0.1, 0.15) is 0 Å². The fourth-order valence-corrected chi connectivity index (χ4v) is 3.14. The Hall–Kier alpha value is -2.73. The first-order valence-corrected chi connectivity index (χ1v) is 9.02. The highest BCUT2D eigenvalue weighted by molar-refractivity contribution is 7.80. The number of benzene rings is 2. The number of hydrogen-bond donors (Lipinski definition) is 2. The Morgan fingerprint density at radius 3 is 2.23 bits per heavy atom. The SMILES string of the molecule is CC(=O)c1cccc(NC(=S)Nc2ccc(C(=O)N3CCCC3)cc2)c1. The second-order valence-electron chi connectivity index (χ2n) is 6.29. The first-order valence-electron chi connectivity index (χ1n) is 8.61. The van der Waals surface area contributed by atoms with Crippen LogP contribution in [0.5, 0.6) is 0 Å². The van der Waals surface area contributed by atoms with Gasteiger partial charge in [-0.05, 0) is 68.4 Å². The van der Waals surface area contributed by atoms with Crippen molar-refractivity contribution in [3.63, 3.8) is 0 Å². The normalized spacial score (nSPS) is 13.3. The minimum atomic E-state index is 0.00536. The third-order valence-corrected chi connectivity index (χ3v) is 4.51. The van der Waals surface area contributed by atoms with Crippen LogP contribution in [0, 0.1) is 0 Å². The van der Waals surface area contributed by atoms with Gasteiger partial charge in [0.15, 0.2) is 10.9 Å². The molecular weight excluding hydrogens is 346 g/mol. The van der Waals surface area contributed by atoms with E-state index in [1.165, 1.54) is 6.92 Å². The molecule has 1 amide bonds. The smallest absolute Gasteiger partial charge is 0.253 e. The Balaban J connectivity index is 1.60. The molecule has 1 aliphatic rings. The molecule has 0 radical (unpaired) electrons. The molecule has 0 saturated carbocycles. The molecular formula is C20H21N3O2S. The van der Waals surface area contributed by atoms with E-state index in [1.54, 1.807) is 18.2 Å². The topological polar surface area (TPSA) is 61.4 Å². The lowest BCUT2D eigenvalue weighted by Gasteiger charge is -2.16. The molecule has 26 heavy (non-hydrogen) atoms. The standard InChI is InChI=1S/C20H21N3O2S/c1-14(24)16-5-4-6-18(13-16)22-20(26)21-17-9-7-15(8-10-17)19(25)23-11-2-3-12-23/h4-10,13H,2-3,11-12H2,1H3,(H2,21,22,26). The van der Waals surface area contributed by atoms with E-state index in [1.807, 2.05) is 35.2 Å². The lowest BCUT2D eigenvalue weighted by atomic mass is 10.1. The number of rotatable bonds is 4. The van der Waals surface area contributed by atoms with Gasteiger partial charge in [-0.3, -0.25) is 9.59 Å². The summed E-state index contributed by atoms with van der Waals surface area (Å²) in [5, 5.41) is 6.57. The molecule has 2 aromatic carbocycles. The molecule has 0 bridgehead atoms. The maximum Gasteiger partial charge on any atom is 0.253 e. The molecule has 0 atom stereocenters. The Kier molecular flexibility index (Phi) is 5.63. The fraction of sp³-hybridized carbons (Fsp3) is 0.250. The van der Waals surface area contributed by atoms with Gasteiger partial charge in [-0.15, -0.1) is 0 Å². The Bertz CT molecular complexity index is 827. The molecule has 134 valence electrons. The van der Waals surface area contributed by atoms with Crippen molar-refractivity contribution in [2.45, 2.75) is 19.8 Å². The summed E-state index contributed by atoms with van der Waals surface area (Å²) in [6.45, 7) is 3.21. The van der Waals surface area contributed by atoms with Gasteiger partial charge in [-0.1, -0.05) is 12.1 Å². The molecule has 1 aliphatic heterocycles. The number of carbonyl (C=O) groups is 2. The predicted molar refractivity (Wildman–Crippen MR) is 108 cm³/mol. The highest BCUT2D eigenvalue weighted by Gasteiger charge is 2.19. The maximum atomic E-state index is 12.3. The molecule has 2 aromatic rings. The lowest BCUT2D eigenvalue weighted by Crippen LogP contribution is -2.27. The summed E-state index contributed by atoms with van der Waals surface area (Å²) in [6, 6.07) is 14.5. The van der Waals surface area contributed by atoms with Crippen LogP contribution in [0.15, 0.2) is 48.5 Å². The van der Waals surface area contributed by atoms with Crippen molar-refractivity contribution in [1.29, 1.82) is 0 Å². The number of thiocarbonyl (C=S) groups is 1. The molecule has 0 unspecified atom stereocenters. The average molecular weight is 367 g/mol. The van der Waals surface area contributed by atoms with E-state index in [0.717, 1.165) is 37.3 Å². The van der Waals surface area contributed by atoms with Gasteiger partial charge in [0.2, 0.25) is 0 Å². The molecule has 1 saturated heterocycles. The summed E-state index contributed by atoms with van der Waals surface area (Å²) in [6.07, 6.45) is 2.16. The summed E-state index contributed by atoms with van der Waals surface area (Å²) in [7, 11) is 0. The number of ketones is 1. The number of hydrogen-bond acceptors (Lipinski definition) is 3. The summed E-state index contributed by atoms with van der Waals surface area (Å²) < 4.78 is 0. The van der Waals surface area contributed by atoms with E-state index in [4.69, 9.17) is 12.2 Å². The summed E-state index contributed by atoms with van der Waals surface area (Å²) >= 11 is 5.32. The van der Waals surface area contributed by atoms with E-state index in [-0.39, 0.29) is 11.7 Å². The second-order valence-corrected chi connectivity index (χ2v) is 6.70. The highest BCUT2D eigenvalue weighted by atomic mass is 32.1. The number of carbonyl (C=O) groups excluding carboxylic acids is 2. The van der Waals surface area contributed by atoms with Gasteiger partial charge in [0, 0.05) is 35.6 Å². The van der Waals surface area contributed by atoms with Gasteiger partial charge in [-0.2, -0.15) is 0 Å². The van der Waals surface area contributed by atoms with Crippen LogP contribution in [0.25, 0.3) is 0 Å². The second kappa shape index (κ2) is 8.10. The van der Waals surface area contributed by atoms with Crippen LogP contribution in [0.3, 0.4) is 0 Å². The van der Waals surface area contributed by atoms with Crippen molar-refractivity contribution in [3.05, 3.63) is 59.7 Å². The van der Waals surface area contributed by atoms with E-state index >= 15 is 0 Å². The van der Waals surface area contributed by atoms with Gasteiger partial charge in [-0.25, -0.2) is 0 Å². The lowest BCUT2D eigenvalue weighted by molar-refractivity contribution is 0.0792. The Morgan fingerprint density at radius 2 is 1.58 bits per heavy atom. The van der Waals surface area contributed by atoms with Crippen molar-refractivity contribution in [3.8, 4) is 0 Å². The Morgan fingerprint density at radius 1 is 0.923 bits per heavy atom. The zero-order chi connectivity index (χ0) is 18.5. The first-order chi connectivity index (χ1) is 12.5. The molecule has 2 N–H and O–H groups in total. The van der Waals surface area contributed by atoms with Crippen LogP contribution >= 0.6 is 12.2 Å². The van der Waals surface area contributed by atoms with Crippen molar-refractivity contribution in [2.75, 3.05) is 23.7 Å². The van der Waals surface area contributed by atoms with E-state index < -0.39 is 0 Å². The third kappa shape index (κ3) is 4.46. The monoisotopic (exact) mass is 367 g/mol. The molecule has 0 aliphatic carbocycles. The van der Waals surface area contributed by atoms with E-state index in [9.17, 15) is 9.59 Å². The van der Waals surface area contributed by atoms with Crippen LogP contribution in [-0.4, -0.2) is 34.8 Å². The largest absolute Gasteiger partial charge is 0.339 e. The van der Waals surface area contributed by atoms with Crippen molar-refractivity contribution >= 4 is 40.4 Å². The van der Waals surface area contributed by atoms with Crippen LogP contribution in [-0.2, 0) is 0 Å². The highest BCUT2D eigenvalue weighted by Crippen LogP contribution is 2.16. The molecule has 0 aromatic heterocycles. The van der Waals surface area contributed by atoms with Gasteiger partial charge in [0.05, 0.1) is 0 Å². The fourth-order valence-electron chi connectivity index (χ4n) is 2.91. The third-order valence-electron chi connectivity index (χ3n) is 4.31. The summed E-state index contributed by atoms with van der Waals surface area (Å²) in [5.74, 6) is 0.0848. The summed E-state index contributed by atoms with van der Waals surface area (Å²) in [4.78, 5) is 25.7. The van der Waals surface area contributed by atoms with Crippen LogP contribution < -0.4 is 10.6 Å². The number of nitrogens with zero attached hydrogens (tertiary/aromatic N) is 1. The summed E-state index contributed by atoms with van der Waals surface area (Å²) in [5.41, 5.74) is 2.85. The van der Waals surface area contributed by atoms with Gasteiger partial charge >= 0.3 is 0 Å². The zero-order valence-corrected chi connectivity index (χ0v) is 15.4. The van der Waals surface area contributed by atoms with Crippen LogP contribution in [0.4, 0.5) is 11.4 Å². The van der Waals surface area contributed by atoms with E-state index in [2.05, 4.69) is 10.6 Å². The minimum absolute atomic E-state index is 0.00536. The van der Waals surface area contributed by atoms with Gasteiger partial charge < -0.3 is 15.5 Å². The Labute approximate surface area is 158 Å². The maximum absolute atomic E-state index is 12.3. The number of Topliss-reactive ketones (excluding diaryl/α,β-unsaturated/α-hetero) is 1. The molecule has 0 spiro atoms. The van der Waals surface area contributed by atoms with Crippen LogP contribution in [0.2, 0.25) is 0 Å². The van der Waals surface area contributed by atoms with Crippen LogP contribution in [0.1, 0.15) is 40.5 Å². The molecule has 5 nitrogen and oxygen atoms in total. The zero-order valence-electron chi connectivity index (χ0n) is 14.6. The van der Waals surface area contributed by atoms with Crippen molar-refractivity contribution < 1.29 is 9.59 Å². The van der Waals surface area contributed by atoms with E-state index in [0.29, 0.717) is 16.2 Å². The van der Waals surface area contributed by atoms with Crippen molar-refractivity contribution in [1.82, 2.24) is 4.90 Å². The quantitative estimate of drug-likeness (QED) is 0.633. The molecule has 1 fully saturated rings. The van der Waals surface area contributed by atoms with Gasteiger partial charge in [0.25, 0.3) is 5.91 Å². The first kappa shape index (κ1) is 18.1. The number of anilines is 2. The number of likely N-dealkylation sites (tertiary alicyclic amines) is 1.